The van der Waals surface area contributed by atoms with E-state index in [1.807, 2.05) is 36.4 Å². The first-order chi connectivity index (χ1) is 22.6. The van der Waals surface area contributed by atoms with Crippen molar-refractivity contribution in [2.75, 3.05) is 57.3 Å². The quantitative estimate of drug-likeness (QED) is 0.0391. The van der Waals surface area contributed by atoms with Gasteiger partial charge in [-0.15, -0.1) is 0 Å². The minimum Gasteiger partial charge on any atom is -0.487 e. The minimum atomic E-state index is -1.63. The lowest BCUT2D eigenvalue weighted by Gasteiger charge is -2.36. The van der Waals surface area contributed by atoms with Crippen LogP contribution < -0.4 is 27.1 Å². The largest absolute Gasteiger partial charge is 0.487 e. The van der Waals surface area contributed by atoms with Crippen molar-refractivity contribution in [3.05, 3.63) is 113 Å². The van der Waals surface area contributed by atoms with Crippen LogP contribution in [0, 0.1) is 11.2 Å². The predicted molar refractivity (Wildman–Crippen MR) is 184 cm³/mol. The number of ketones is 1. The maximum absolute atomic E-state index is 13.5. The molecule has 0 bridgehead atoms. The molecule has 0 saturated carbocycles. The molecule has 12 heteroatoms. The van der Waals surface area contributed by atoms with Crippen LogP contribution in [0.2, 0.25) is 0 Å². The van der Waals surface area contributed by atoms with Gasteiger partial charge in [-0.25, -0.2) is 16.1 Å². The van der Waals surface area contributed by atoms with E-state index in [1.165, 1.54) is 41.9 Å². The summed E-state index contributed by atoms with van der Waals surface area (Å²) in [6.45, 7) is 7.15. The molecule has 0 spiro atoms. The summed E-state index contributed by atoms with van der Waals surface area (Å²) in [6, 6.07) is 20.3. The fraction of sp³-hybridized carbons (Fsp3) is 0.314. The molecule has 1 saturated heterocycles. The Morgan fingerprint density at radius 2 is 1.62 bits per heavy atom. The molecule has 0 aromatic heterocycles. The van der Waals surface area contributed by atoms with Gasteiger partial charge in [-0.3, -0.25) is 20.1 Å². The van der Waals surface area contributed by atoms with Gasteiger partial charge >= 0.3 is 0 Å². The number of allylic oxidation sites excluding steroid dienone is 1. The Kier molecular flexibility index (Phi) is 12.5. The molecule has 250 valence electrons. The fourth-order valence-electron chi connectivity index (χ4n) is 5.43. The van der Waals surface area contributed by atoms with Gasteiger partial charge < -0.3 is 25.5 Å². The number of hydrogen-bond acceptors (Lipinski definition) is 10. The molecular weight excluding hydrogens is 599 g/mol. The summed E-state index contributed by atoms with van der Waals surface area (Å²) in [7, 11) is 0. The Morgan fingerprint density at radius 3 is 2.23 bits per heavy atom. The van der Waals surface area contributed by atoms with Gasteiger partial charge in [0.1, 0.15) is 23.8 Å². The number of anilines is 1. The molecule has 11 nitrogen and oxygen atoms in total. The molecule has 1 aliphatic rings. The molecule has 0 aliphatic carbocycles. The third kappa shape index (κ3) is 10.4. The van der Waals surface area contributed by atoms with E-state index in [0.29, 0.717) is 16.9 Å². The smallest absolute Gasteiger partial charge is 0.185 e. The SMILES string of the molecule is CCCN1CCN(c2ccc(C(=O)/C=C/c3ccc(OC/C(N)=C/N(N)CC(O)(CN(N)C=N)c4ccc(F)cc4)cc3)cc2)CC1. The maximum Gasteiger partial charge on any atom is 0.185 e. The molecule has 47 heavy (non-hydrogen) atoms. The van der Waals surface area contributed by atoms with Gasteiger partial charge in [0, 0.05) is 43.6 Å². The second-order valence-electron chi connectivity index (χ2n) is 11.6. The standard InChI is InChI=1S/C35H45FN8O3/c1-2-17-41-18-20-42(21-19-41)32-12-6-28(7-13-32)34(45)16-5-27-3-14-33(15-4-27)47-23-31(38)22-43(39)24-35(46,25-44(40)26-37)29-8-10-30(36)11-9-29/h3-16,22,26,37,46H,2,17-21,23-25,38-40H2,1H3/b16-5+,31-22-,37-26?. The molecule has 4 rings (SSSR count). The molecule has 1 aliphatic heterocycles. The Morgan fingerprint density at radius 1 is 0.979 bits per heavy atom. The number of aliphatic hydroxyl groups is 1. The summed E-state index contributed by atoms with van der Waals surface area (Å²) in [5.41, 5.74) is 7.75. The van der Waals surface area contributed by atoms with Crippen LogP contribution in [-0.4, -0.2) is 84.6 Å². The zero-order valence-corrected chi connectivity index (χ0v) is 26.8. The fourth-order valence-corrected chi connectivity index (χ4v) is 5.43. The first-order valence-electron chi connectivity index (χ1n) is 15.6. The number of carbonyl (C=O) groups is 1. The van der Waals surface area contributed by atoms with Gasteiger partial charge in [0.25, 0.3) is 0 Å². The molecule has 1 atom stereocenters. The van der Waals surface area contributed by atoms with Gasteiger partial charge in [0.2, 0.25) is 0 Å². The highest BCUT2D eigenvalue weighted by atomic mass is 19.1. The lowest BCUT2D eigenvalue weighted by atomic mass is 9.93. The van der Waals surface area contributed by atoms with Crippen LogP contribution >= 0.6 is 0 Å². The number of halogens is 1. The van der Waals surface area contributed by atoms with Gasteiger partial charge in [-0.05, 0) is 78.7 Å². The summed E-state index contributed by atoms with van der Waals surface area (Å²) in [6.07, 6.45) is 6.77. The predicted octanol–water partition coefficient (Wildman–Crippen LogP) is 3.28. The maximum atomic E-state index is 13.5. The summed E-state index contributed by atoms with van der Waals surface area (Å²) >= 11 is 0. The molecule has 8 N–H and O–H groups in total. The Hall–Kier alpha value is -4.75. The van der Waals surface area contributed by atoms with E-state index in [-0.39, 0.29) is 31.2 Å². The van der Waals surface area contributed by atoms with E-state index in [2.05, 4.69) is 16.7 Å². The molecule has 3 aromatic carbocycles. The number of piperazine rings is 1. The molecule has 1 heterocycles. The molecular formula is C35H45FN8O3. The lowest BCUT2D eigenvalue weighted by molar-refractivity contribution is -0.00687. The Balaban J connectivity index is 1.27. The van der Waals surface area contributed by atoms with Crippen LogP contribution in [0.15, 0.2) is 90.8 Å². The van der Waals surface area contributed by atoms with Crippen LogP contribution in [0.1, 0.15) is 34.8 Å². The van der Waals surface area contributed by atoms with Gasteiger partial charge in [-0.2, -0.15) is 0 Å². The Labute approximate surface area is 275 Å². The average molecular weight is 645 g/mol. The van der Waals surface area contributed by atoms with Gasteiger partial charge in [-0.1, -0.05) is 37.3 Å². The van der Waals surface area contributed by atoms with Crippen molar-refractivity contribution < 1.29 is 19.0 Å². The minimum absolute atomic E-state index is 0.0181. The van der Waals surface area contributed by atoms with E-state index in [1.54, 1.807) is 24.3 Å². The number of hydrogen-bond donors (Lipinski definition) is 5. The van der Waals surface area contributed by atoms with Crippen molar-refractivity contribution in [3.8, 4) is 5.75 Å². The van der Waals surface area contributed by atoms with Crippen molar-refractivity contribution in [1.29, 1.82) is 5.41 Å². The first kappa shape index (κ1) is 35.1. The van der Waals surface area contributed by atoms with E-state index < -0.39 is 11.4 Å². The van der Waals surface area contributed by atoms with Crippen LogP contribution in [0.25, 0.3) is 6.08 Å². The highest BCUT2D eigenvalue weighted by Gasteiger charge is 2.32. The highest BCUT2D eigenvalue weighted by molar-refractivity contribution is 6.07. The van der Waals surface area contributed by atoms with Crippen molar-refractivity contribution >= 4 is 23.9 Å². The van der Waals surface area contributed by atoms with Crippen molar-refractivity contribution in [2.24, 2.45) is 17.4 Å². The van der Waals surface area contributed by atoms with Crippen LogP contribution in [0.4, 0.5) is 10.1 Å². The van der Waals surface area contributed by atoms with Crippen LogP contribution in [0.3, 0.4) is 0 Å². The normalized spacial score (nSPS) is 15.3. The average Bonchev–Trinajstić information content (AvgIpc) is 3.07. The molecule has 1 fully saturated rings. The number of rotatable bonds is 16. The summed E-state index contributed by atoms with van der Waals surface area (Å²) in [5, 5.41) is 20.8. The summed E-state index contributed by atoms with van der Waals surface area (Å²) in [5.74, 6) is 11.9. The van der Waals surface area contributed by atoms with Gasteiger partial charge in [0.05, 0.1) is 25.1 Å². The molecule has 1 unspecified atom stereocenters. The van der Waals surface area contributed by atoms with Gasteiger partial charge in [0.15, 0.2) is 5.78 Å². The first-order valence-corrected chi connectivity index (χ1v) is 15.6. The van der Waals surface area contributed by atoms with Crippen LogP contribution in [-0.2, 0) is 5.60 Å². The number of nitrogens with zero attached hydrogens (tertiary/aromatic N) is 4. The van der Waals surface area contributed by atoms with E-state index in [4.69, 9.17) is 27.6 Å². The van der Waals surface area contributed by atoms with Crippen molar-refractivity contribution in [2.45, 2.75) is 18.9 Å². The number of nitrogens with two attached hydrogens (primary N) is 3. The molecule has 0 amide bonds. The zero-order valence-electron chi connectivity index (χ0n) is 26.8. The van der Waals surface area contributed by atoms with Crippen molar-refractivity contribution in [3.63, 3.8) is 0 Å². The summed E-state index contributed by atoms with van der Waals surface area (Å²) < 4.78 is 19.2. The topological polar surface area (TPSA) is 161 Å². The van der Waals surface area contributed by atoms with E-state index in [9.17, 15) is 14.3 Å². The number of carbonyl (C=O) groups excluding carboxylic acids is 1. The van der Waals surface area contributed by atoms with E-state index >= 15 is 0 Å². The Bertz CT molecular complexity index is 1510. The van der Waals surface area contributed by atoms with Crippen LogP contribution in [0.5, 0.6) is 5.75 Å². The number of ether oxygens (including phenoxy) is 1. The van der Waals surface area contributed by atoms with Crippen molar-refractivity contribution in [1.82, 2.24) is 14.9 Å². The summed E-state index contributed by atoms with van der Waals surface area (Å²) in [4.78, 5) is 17.6. The number of hydrazine groups is 2. The number of nitrogens with one attached hydrogen (secondary N) is 1. The number of benzene rings is 3. The zero-order chi connectivity index (χ0) is 33.8. The van der Waals surface area contributed by atoms with E-state index in [0.717, 1.165) is 55.3 Å². The molecule has 0 radical (unpaired) electrons. The highest BCUT2D eigenvalue weighted by Crippen LogP contribution is 2.24. The third-order valence-electron chi connectivity index (χ3n) is 7.91. The third-order valence-corrected chi connectivity index (χ3v) is 7.91. The lowest BCUT2D eigenvalue weighted by Crippen LogP contribution is -2.51. The molecule has 3 aromatic rings. The second-order valence-corrected chi connectivity index (χ2v) is 11.6. The monoisotopic (exact) mass is 644 g/mol. The second kappa shape index (κ2) is 16.7.